The standard InChI is InChI=1S/C22H27F2N3O2.HI/c1-25-22(27-13-11-18(15-27)17-6-4-3-5-7-17)26-12-10-16-8-9-19(28-2)20(14-16)29-21(23)24;/h3-9,14,18,21H,10-13,15H2,1-2H3,(H,25,26);1H. The van der Waals surface area contributed by atoms with Crippen molar-refractivity contribution in [1.29, 1.82) is 0 Å². The molecule has 8 heteroatoms. The quantitative estimate of drug-likeness (QED) is 0.324. The van der Waals surface area contributed by atoms with Crippen molar-refractivity contribution < 1.29 is 18.3 Å². The number of likely N-dealkylation sites (tertiary alicyclic amines) is 1. The lowest BCUT2D eigenvalue weighted by molar-refractivity contribution is -0.0512. The third-order valence-corrected chi connectivity index (χ3v) is 5.11. The monoisotopic (exact) mass is 531 g/mol. The highest BCUT2D eigenvalue weighted by molar-refractivity contribution is 14.0. The molecule has 1 N–H and O–H groups in total. The van der Waals surface area contributed by atoms with E-state index in [0.29, 0.717) is 24.6 Å². The summed E-state index contributed by atoms with van der Waals surface area (Å²) >= 11 is 0. The van der Waals surface area contributed by atoms with Crippen molar-refractivity contribution in [3.63, 3.8) is 0 Å². The van der Waals surface area contributed by atoms with Gasteiger partial charge in [-0.15, -0.1) is 24.0 Å². The average Bonchev–Trinajstić information content (AvgIpc) is 3.22. The van der Waals surface area contributed by atoms with Gasteiger partial charge in [-0.3, -0.25) is 4.99 Å². The van der Waals surface area contributed by atoms with Crippen LogP contribution in [0.5, 0.6) is 11.5 Å². The van der Waals surface area contributed by atoms with Crippen LogP contribution in [0, 0.1) is 0 Å². The number of rotatable bonds is 7. The topological polar surface area (TPSA) is 46.1 Å². The number of nitrogens with zero attached hydrogens (tertiary/aromatic N) is 2. The summed E-state index contributed by atoms with van der Waals surface area (Å²) in [5.41, 5.74) is 2.24. The van der Waals surface area contributed by atoms with Crippen molar-refractivity contribution in [3.8, 4) is 11.5 Å². The number of hydrogen-bond donors (Lipinski definition) is 1. The number of methoxy groups -OCH3 is 1. The molecule has 0 spiro atoms. The molecule has 0 aliphatic carbocycles. The Labute approximate surface area is 193 Å². The van der Waals surface area contributed by atoms with Gasteiger partial charge in [0.25, 0.3) is 0 Å². The first-order valence-electron chi connectivity index (χ1n) is 9.73. The third-order valence-electron chi connectivity index (χ3n) is 5.11. The van der Waals surface area contributed by atoms with Crippen molar-refractivity contribution in [3.05, 3.63) is 59.7 Å². The van der Waals surface area contributed by atoms with E-state index < -0.39 is 6.61 Å². The van der Waals surface area contributed by atoms with Gasteiger partial charge in [0.05, 0.1) is 7.11 Å². The number of aliphatic imine (C=N–C) groups is 1. The van der Waals surface area contributed by atoms with Crippen LogP contribution in [0.3, 0.4) is 0 Å². The van der Waals surface area contributed by atoms with E-state index in [1.807, 2.05) is 12.1 Å². The van der Waals surface area contributed by atoms with E-state index in [9.17, 15) is 8.78 Å². The molecule has 5 nitrogen and oxygen atoms in total. The number of alkyl halides is 2. The van der Waals surface area contributed by atoms with E-state index in [0.717, 1.165) is 31.0 Å². The lowest BCUT2D eigenvalue weighted by atomic mass is 9.99. The lowest BCUT2D eigenvalue weighted by Crippen LogP contribution is -2.40. The molecule has 1 heterocycles. The fourth-order valence-electron chi connectivity index (χ4n) is 3.67. The molecular weight excluding hydrogens is 503 g/mol. The van der Waals surface area contributed by atoms with Crippen LogP contribution < -0.4 is 14.8 Å². The van der Waals surface area contributed by atoms with Crippen LogP contribution in [0.4, 0.5) is 8.78 Å². The van der Waals surface area contributed by atoms with Gasteiger partial charge < -0.3 is 19.7 Å². The maximum absolute atomic E-state index is 12.6. The minimum absolute atomic E-state index is 0. The fourth-order valence-corrected chi connectivity index (χ4v) is 3.67. The first-order chi connectivity index (χ1) is 14.1. The predicted octanol–water partition coefficient (Wildman–Crippen LogP) is 4.52. The van der Waals surface area contributed by atoms with Crippen LogP contribution in [0.25, 0.3) is 0 Å². The van der Waals surface area contributed by atoms with Crippen molar-refractivity contribution in [2.75, 3.05) is 33.8 Å². The lowest BCUT2D eigenvalue weighted by Gasteiger charge is -2.22. The molecule has 2 aromatic rings. The zero-order valence-corrected chi connectivity index (χ0v) is 19.5. The molecule has 164 valence electrons. The summed E-state index contributed by atoms with van der Waals surface area (Å²) < 4.78 is 34.8. The Morgan fingerprint density at radius 1 is 1.20 bits per heavy atom. The van der Waals surface area contributed by atoms with Gasteiger partial charge in [0.2, 0.25) is 0 Å². The van der Waals surface area contributed by atoms with Gasteiger partial charge in [-0.25, -0.2) is 0 Å². The molecule has 1 aliphatic rings. The minimum atomic E-state index is -2.89. The van der Waals surface area contributed by atoms with E-state index in [2.05, 4.69) is 44.2 Å². The highest BCUT2D eigenvalue weighted by Crippen LogP contribution is 2.30. The Balaban J connectivity index is 0.00000320. The van der Waals surface area contributed by atoms with Gasteiger partial charge >= 0.3 is 6.61 Å². The van der Waals surface area contributed by atoms with Crippen molar-refractivity contribution >= 4 is 29.9 Å². The molecule has 1 aliphatic heterocycles. The first kappa shape index (κ1) is 24.2. The average molecular weight is 531 g/mol. The second kappa shape index (κ2) is 11.9. The van der Waals surface area contributed by atoms with E-state index in [1.165, 1.54) is 12.7 Å². The zero-order chi connectivity index (χ0) is 20.6. The molecule has 30 heavy (non-hydrogen) atoms. The number of halogens is 3. The van der Waals surface area contributed by atoms with E-state index in [4.69, 9.17) is 4.74 Å². The van der Waals surface area contributed by atoms with Crippen LogP contribution in [0.2, 0.25) is 0 Å². The van der Waals surface area contributed by atoms with Gasteiger partial charge in [0, 0.05) is 32.6 Å². The Kier molecular flexibility index (Phi) is 9.61. The highest BCUT2D eigenvalue weighted by Gasteiger charge is 2.25. The van der Waals surface area contributed by atoms with Crippen LogP contribution in [-0.2, 0) is 6.42 Å². The summed E-state index contributed by atoms with van der Waals surface area (Å²) in [7, 11) is 3.21. The molecule has 0 radical (unpaired) electrons. The largest absolute Gasteiger partial charge is 0.493 e. The van der Waals surface area contributed by atoms with Gasteiger partial charge in [0.15, 0.2) is 17.5 Å². The molecule has 1 unspecified atom stereocenters. The van der Waals surface area contributed by atoms with Crippen LogP contribution in [0.15, 0.2) is 53.5 Å². The number of ether oxygens (including phenoxy) is 2. The molecule has 2 aromatic carbocycles. The van der Waals surface area contributed by atoms with Gasteiger partial charge in [0.1, 0.15) is 0 Å². The molecular formula is C22H28F2IN3O2. The predicted molar refractivity (Wildman–Crippen MR) is 125 cm³/mol. The summed E-state index contributed by atoms with van der Waals surface area (Å²) in [5.74, 6) is 1.71. The number of benzene rings is 2. The Morgan fingerprint density at radius 2 is 1.97 bits per heavy atom. The maximum Gasteiger partial charge on any atom is 0.387 e. The van der Waals surface area contributed by atoms with Gasteiger partial charge in [-0.1, -0.05) is 36.4 Å². The number of nitrogens with one attached hydrogen (secondary N) is 1. The maximum atomic E-state index is 12.6. The molecule has 0 bridgehead atoms. The molecule has 1 atom stereocenters. The van der Waals surface area contributed by atoms with Crippen LogP contribution >= 0.6 is 24.0 Å². The minimum Gasteiger partial charge on any atom is -0.493 e. The number of guanidine groups is 1. The van der Waals surface area contributed by atoms with E-state index >= 15 is 0 Å². The van der Waals surface area contributed by atoms with E-state index in [-0.39, 0.29) is 29.7 Å². The zero-order valence-electron chi connectivity index (χ0n) is 17.2. The summed E-state index contributed by atoms with van der Waals surface area (Å²) in [5, 5.41) is 3.38. The molecule has 0 amide bonds. The molecule has 0 aromatic heterocycles. The Morgan fingerprint density at radius 3 is 2.63 bits per heavy atom. The fraction of sp³-hybridized carbons (Fsp3) is 0.409. The second-order valence-corrected chi connectivity index (χ2v) is 6.93. The van der Waals surface area contributed by atoms with Crippen molar-refractivity contribution in [2.24, 2.45) is 4.99 Å². The summed E-state index contributed by atoms with van der Waals surface area (Å²) in [6.07, 6.45) is 1.75. The molecule has 3 rings (SSSR count). The smallest absolute Gasteiger partial charge is 0.387 e. The summed E-state index contributed by atoms with van der Waals surface area (Å²) in [4.78, 5) is 6.66. The Bertz CT molecular complexity index is 821. The summed E-state index contributed by atoms with van der Waals surface area (Å²) in [6, 6.07) is 15.6. The second-order valence-electron chi connectivity index (χ2n) is 6.93. The van der Waals surface area contributed by atoms with E-state index in [1.54, 1.807) is 19.2 Å². The van der Waals surface area contributed by atoms with Crippen LogP contribution in [-0.4, -0.2) is 51.3 Å². The molecule has 0 saturated carbocycles. The normalized spacial score (nSPS) is 16.4. The highest BCUT2D eigenvalue weighted by atomic mass is 127. The van der Waals surface area contributed by atoms with Crippen molar-refractivity contribution in [2.45, 2.75) is 25.4 Å². The van der Waals surface area contributed by atoms with Crippen molar-refractivity contribution in [1.82, 2.24) is 10.2 Å². The Hall–Kier alpha value is -2.10. The van der Waals surface area contributed by atoms with Gasteiger partial charge in [-0.2, -0.15) is 8.78 Å². The molecule has 1 fully saturated rings. The third kappa shape index (κ3) is 6.45. The van der Waals surface area contributed by atoms with Crippen LogP contribution in [0.1, 0.15) is 23.5 Å². The molecule has 1 saturated heterocycles. The SMILES string of the molecule is CN=C(NCCc1ccc(OC)c(OC(F)F)c1)N1CCC(c2ccccc2)C1.I. The summed E-state index contributed by atoms with van der Waals surface area (Å²) in [6.45, 7) is -0.365. The number of hydrogen-bond acceptors (Lipinski definition) is 3. The first-order valence-corrected chi connectivity index (χ1v) is 9.73. The van der Waals surface area contributed by atoms with Gasteiger partial charge in [-0.05, 0) is 36.1 Å².